The standard InChI is InChI=1S/C29H37N3O3/c1-21(2)18-26(33)32-20-23-11-9-8-10-22(23)19-25(32)27(34)30-14-16-31(17-15-30)28(35)29(3,4)24-12-6-5-7-13-24/h5-13,21,25H,14-20H2,1-4H3. The van der Waals surface area contributed by atoms with Gasteiger partial charge in [0.2, 0.25) is 17.7 Å². The fraction of sp³-hybridized carbons (Fsp3) is 0.483. The number of carbonyl (C=O) groups is 3. The van der Waals surface area contributed by atoms with Crippen LogP contribution in [-0.4, -0.2) is 64.6 Å². The number of amides is 3. The number of benzene rings is 2. The Labute approximate surface area is 208 Å². The van der Waals surface area contributed by atoms with Crippen LogP contribution in [0.15, 0.2) is 54.6 Å². The molecule has 0 spiro atoms. The highest BCUT2D eigenvalue weighted by Gasteiger charge is 2.40. The third kappa shape index (κ3) is 5.26. The molecule has 6 nitrogen and oxygen atoms in total. The molecule has 0 bridgehead atoms. The minimum atomic E-state index is -0.624. The van der Waals surface area contributed by atoms with Crippen molar-refractivity contribution >= 4 is 17.7 Å². The Morgan fingerprint density at radius 1 is 0.857 bits per heavy atom. The van der Waals surface area contributed by atoms with E-state index in [4.69, 9.17) is 0 Å². The Morgan fingerprint density at radius 2 is 1.43 bits per heavy atom. The Hall–Kier alpha value is -3.15. The highest BCUT2D eigenvalue weighted by Crippen LogP contribution is 2.28. The summed E-state index contributed by atoms with van der Waals surface area (Å²) in [6.45, 7) is 10.4. The largest absolute Gasteiger partial charge is 0.338 e. The summed E-state index contributed by atoms with van der Waals surface area (Å²) < 4.78 is 0. The first kappa shape index (κ1) is 25.0. The minimum Gasteiger partial charge on any atom is -0.338 e. The molecule has 0 N–H and O–H groups in total. The third-order valence-electron chi connectivity index (χ3n) is 7.35. The van der Waals surface area contributed by atoms with Crippen LogP contribution in [0.4, 0.5) is 0 Å². The number of rotatable bonds is 5. The Kier molecular flexibility index (Phi) is 7.29. The summed E-state index contributed by atoms with van der Waals surface area (Å²) in [5, 5.41) is 0. The molecule has 186 valence electrons. The van der Waals surface area contributed by atoms with E-state index >= 15 is 0 Å². The first-order chi connectivity index (χ1) is 16.7. The summed E-state index contributed by atoms with van der Waals surface area (Å²) in [6.07, 6.45) is 0.974. The molecule has 2 aliphatic heterocycles. The van der Waals surface area contributed by atoms with Crippen LogP contribution in [0.1, 0.15) is 50.8 Å². The van der Waals surface area contributed by atoms with E-state index < -0.39 is 11.5 Å². The van der Waals surface area contributed by atoms with Gasteiger partial charge in [0, 0.05) is 45.6 Å². The van der Waals surface area contributed by atoms with Crippen molar-refractivity contribution in [3.05, 3.63) is 71.3 Å². The van der Waals surface area contributed by atoms with E-state index in [9.17, 15) is 14.4 Å². The van der Waals surface area contributed by atoms with Crippen molar-refractivity contribution in [2.45, 2.75) is 58.5 Å². The SMILES string of the molecule is CC(C)CC(=O)N1Cc2ccccc2CC1C(=O)N1CCN(C(=O)C(C)(C)c2ccccc2)CC1. The second-order valence-electron chi connectivity index (χ2n) is 10.7. The molecule has 4 rings (SSSR count). The average Bonchev–Trinajstić information content (AvgIpc) is 2.87. The molecule has 2 aromatic rings. The first-order valence-corrected chi connectivity index (χ1v) is 12.7. The summed E-state index contributed by atoms with van der Waals surface area (Å²) in [5.74, 6) is 0.339. The quantitative estimate of drug-likeness (QED) is 0.664. The second kappa shape index (κ2) is 10.2. The van der Waals surface area contributed by atoms with Gasteiger partial charge < -0.3 is 14.7 Å². The summed E-state index contributed by atoms with van der Waals surface area (Å²) >= 11 is 0. The molecule has 2 aromatic carbocycles. The molecule has 3 amide bonds. The van der Waals surface area contributed by atoms with Gasteiger partial charge in [-0.05, 0) is 36.5 Å². The van der Waals surface area contributed by atoms with Crippen LogP contribution in [0, 0.1) is 5.92 Å². The summed E-state index contributed by atoms with van der Waals surface area (Å²) in [5.41, 5.74) is 2.62. The number of piperazine rings is 1. The fourth-order valence-corrected chi connectivity index (χ4v) is 5.19. The molecule has 2 aliphatic rings. The van der Waals surface area contributed by atoms with Crippen LogP contribution in [0.25, 0.3) is 0 Å². The number of hydrogen-bond donors (Lipinski definition) is 0. The van der Waals surface area contributed by atoms with Crippen molar-refractivity contribution in [1.29, 1.82) is 0 Å². The first-order valence-electron chi connectivity index (χ1n) is 12.7. The van der Waals surface area contributed by atoms with Crippen molar-refractivity contribution in [3.63, 3.8) is 0 Å². The topological polar surface area (TPSA) is 60.9 Å². The monoisotopic (exact) mass is 475 g/mol. The maximum atomic E-state index is 13.7. The van der Waals surface area contributed by atoms with Crippen LogP contribution in [0.5, 0.6) is 0 Å². The molecule has 1 atom stereocenters. The van der Waals surface area contributed by atoms with Gasteiger partial charge in [-0.15, -0.1) is 0 Å². The molecular formula is C29H37N3O3. The number of fused-ring (bicyclic) bond motifs is 1. The van der Waals surface area contributed by atoms with Crippen molar-refractivity contribution in [2.75, 3.05) is 26.2 Å². The van der Waals surface area contributed by atoms with Gasteiger partial charge in [0.25, 0.3) is 0 Å². The van der Waals surface area contributed by atoms with Gasteiger partial charge in [0.15, 0.2) is 0 Å². The number of nitrogens with zero attached hydrogens (tertiary/aromatic N) is 3. The molecule has 2 heterocycles. The Morgan fingerprint density at radius 3 is 2.06 bits per heavy atom. The van der Waals surface area contributed by atoms with Crippen molar-refractivity contribution in [1.82, 2.24) is 14.7 Å². The molecule has 0 aromatic heterocycles. The van der Waals surface area contributed by atoms with E-state index in [1.165, 1.54) is 0 Å². The van der Waals surface area contributed by atoms with Gasteiger partial charge in [-0.1, -0.05) is 68.4 Å². The van der Waals surface area contributed by atoms with E-state index in [0.717, 1.165) is 16.7 Å². The molecule has 0 radical (unpaired) electrons. The van der Waals surface area contributed by atoms with Gasteiger partial charge in [0.1, 0.15) is 6.04 Å². The van der Waals surface area contributed by atoms with Gasteiger partial charge >= 0.3 is 0 Å². The van der Waals surface area contributed by atoms with Crippen LogP contribution < -0.4 is 0 Å². The molecule has 35 heavy (non-hydrogen) atoms. The predicted molar refractivity (Wildman–Crippen MR) is 137 cm³/mol. The zero-order valence-electron chi connectivity index (χ0n) is 21.4. The normalized spacial score (nSPS) is 18.4. The van der Waals surface area contributed by atoms with Gasteiger partial charge in [0.05, 0.1) is 5.41 Å². The number of hydrogen-bond acceptors (Lipinski definition) is 3. The van der Waals surface area contributed by atoms with Crippen molar-refractivity contribution in [2.24, 2.45) is 5.92 Å². The van der Waals surface area contributed by atoms with Crippen LogP contribution >= 0.6 is 0 Å². The molecule has 1 unspecified atom stereocenters. The zero-order chi connectivity index (χ0) is 25.2. The van der Waals surface area contributed by atoms with E-state index in [1.54, 1.807) is 4.90 Å². The maximum absolute atomic E-state index is 13.7. The molecular weight excluding hydrogens is 438 g/mol. The van der Waals surface area contributed by atoms with Crippen LogP contribution in [0.2, 0.25) is 0 Å². The smallest absolute Gasteiger partial charge is 0.245 e. The Bertz CT molecular complexity index is 1070. The zero-order valence-corrected chi connectivity index (χ0v) is 21.4. The minimum absolute atomic E-state index is 0.00831. The lowest BCUT2D eigenvalue weighted by molar-refractivity contribution is -0.150. The highest BCUT2D eigenvalue weighted by atomic mass is 16.2. The van der Waals surface area contributed by atoms with E-state index in [0.29, 0.717) is 45.6 Å². The van der Waals surface area contributed by atoms with Gasteiger partial charge in [-0.3, -0.25) is 14.4 Å². The predicted octanol–water partition coefficient (Wildman–Crippen LogP) is 3.63. The van der Waals surface area contributed by atoms with Crippen LogP contribution in [0.3, 0.4) is 0 Å². The lowest BCUT2D eigenvalue weighted by atomic mass is 9.83. The third-order valence-corrected chi connectivity index (χ3v) is 7.35. The second-order valence-corrected chi connectivity index (χ2v) is 10.7. The summed E-state index contributed by atoms with van der Waals surface area (Å²) in [7, 11) is 0. The van der Waals surface area contributed by atoms with Gasteiger partial charge in [-0.25, -0.2) is 0 Å². The fourth-order valence-electron chi connectivity index (χ4n) is 5.19. The molecule has 1 fully saturated rings. The van der Waals surface area contributed by atoms with Crippen molar-refractivity contribution in [3.8, 4) is 0 Å². The average molecular weight is 476 g/mol. The van der Waals surface area contributed by atoms with E-state index in [-0.39, 0.29) is 23.6 Å². The van der Waals surface area contributed by atoms with E-state index in [1.807, 2.05) is 86.0 Å². The number of carbonyl (C=O) groups excluding carboxylic acids is 3. The summed E-state index contributed by atoms with van der Waals surface area (Å²) in [4.78, 5) is 45.6. The lowest BCUT2D eigenvalue weighted by Gasteiger charge is -2.42. The highest BCUT2D eigenvalue weighted by molar-refractivity contribution is 5.90. The molecule has 1 saturated heterocycles. The Balaban J connectivity index is 1.45. The van der Waals surface area contributed by atoms with Crippen molar-refractivity contribution < 1.29 is 14.4 Å². The lowest BCUT2D eigenvalue weighted by Crippen LogP contribution is -2.59. The summed E-state index contributed by atoms with van der Waals surface area (Å²) in [6, 6.07) is 17.4. The maximum Gasteiger partial charge on any atom is 0.245 e. The molecule has 6 heteroatoms. The van der Waals surface area contributed by atoms with E-state index in [2.05, 4.69) is 6.07 Å². The van der Waals surface area contributed by atoms with Crippen LogP contribution in [-0.2, 0) is 32.8 Å². The van der Waals surface area contributed by atoms with Gasteiger partial charge in [-0.2, -0.15) is 0 Å². The molecule has 0 saturated carbocycles. The molecule has 0 aliphatic carbocycles.